The topological polar surface area (TPSA) is 17.1 Å². The van der Waals surface area contributed by atoms with Gasteiger partial charge in [0.1, 0.15) is 5.03 Å². The van der Waals surface area contributed by atoms with E-state index in [1.165, 1.54) is 0 Å². The second-order valence-corrected chi connectivity index (χ2v) is 4.92. The first-order chi connectivity index (χ1) is 6.58. The second kappa shape index (κ2) is 3.67. The highest BCUT2D eigenvalue weighted by Gasteiger charge is 2.60. The number of alkyl halides is 3. The average Bonchev–Trinajstić information content (AvgIpc) is 2.50. The Morgan fingerprint density at radius 3 is 2.07 bits per heavy atom. The standard InChI is InChI=1S/C9H9Cl2F3O/c1-8(2)4(6(8)7(11)15)3-5(10)9(12,13)14/h3-4,6H,1-2H3/t4?,6-/m0/s1. The van der Waals surface area contributed by atoms with Gasteiger partial charge in [0, 0.05) is 5.92 Å². The van der Waals surface area contributed by atoms with Crippen LogP contribution in [0.25, 0.3) is 0 Å². The Bertz CT molecular complexity index is 320. The SMILES string of the molecule is CC1(C)C(C=C(Cl)C(F)(F)F)[C@H]1C(=O)Cl. The molecule has 0 aromatic carbocycles. The van der Waals surface area contributed by atoms with Crippen molar-refractivity contribution < 1.29 is 18.0 Å². The Kier molecular flexibility index (Phi) is 3.14. The lowest BCUT2D eigenvalue weighted by Crippen LogP contribution is -2.07. The van der Waals surface area contributed by atoms with Crippen LogP contribution in [0, 0.1) is 17.3 Å². The highest BCUT2D eigenvalue weighted by atomic mass is 35.5. The van der Waals surface area contributed by atoms with Gasteiger partial charge < -0.3 is 0 Å². The van der Waals surface area contributed by atoms with E-state index >= 15 is 0 Å². The molecule has 0 amide bonds. The fourth-order valence-electron chi connectivity index (χ4n) is 1.67. The van der Waals surface area contributed by atoms with Gasteiger partial charge >= 0.3 is 6.18 Å². The van der Waals surface area contributed by atoms with Crippen molar-refractivity contribution in [2.45, 2.75) is 20.0 Å². The highest BCUT2D eigenvalue weighted by Crippen LogP contribution is 2.60. The molecule has 0 aromatic rings. The molecule has 1 fully saturated rings. The van der Waals surface area contributed by atoms with Gasteiger partial charge in [0.05, 0.1) is 0 Å². The third-order valence-corrected chi connectivity index (χ3v) is 3.33. The number of carbonyl (C=O) groups is 1. The van der Waals surface area contributed by atoms with Gasteiger partial charge in [-0.05, 0) is 22.9 Å². The maximum absolute atomic E-state index is 12.1. The second-order valence-electron chi connectivity index (χ2n) is 4.14. The lowest BCUT2D eigenvalue weighted by Gasteiger charge is -2.04. The van der Waals surface area contributed by atoms with Gasteiger partial charge in [-0.15, -0.1) is 0 Å². The number of hydrogen-bond acceptors (Lipinski definition) is 1. The summed E-state index contributed by atoms with van der Waals surface area (Å²) in [5.74, 6) is -1.10. The quantitative estimate of drug-likeness (QED) is 0.692. The molecule has 86 valence electrons. The Balaban J connectivity index is 2.83. The zero-order valence-electron chi connectivity index (χ0n) is 8.03. The summed E-state index contributed by atoms with van der Waals surface area (Å²) in [5.41, 5.74) is -0.537. The molecule has 6 heteroatoms. The molecule has 1 aliphatic rings. The van der Waals surface area contributed by atoms with Gasteiger partial charge in [0.2, 0.25) is 5.24 Å². The summed E-state index contributed by atoms with van der Waals surface area (Å²) in [7, 11) is 0. The van der Waals surface area contributed by atoms with Gasteiger partial charge in [-0.1, -0.05) is 31.5 Å². The van der Waals surface area contributed by atoms with Crippen LogP contribution in [0.2, 0.25) is 0 Å². The minimum atomic E-state index is -4.56. The molecular weight excluding hydrogens is 252 g/mol. The number of halogens is 5. The number of allylic oxidation sites excluding steroid dienone is 2. The monoisotopic (exact) mass is 260 g/mol. The van der Waals surface area contributed by atoms with Crippen molar-refractivity contribution in [3.8, 4) is 0 Å². The summed E-state index contributed by atoms with van der Waals surface area (Å²) in [6.45, 7) is 3.36. The first-order valence-electron chi connectivity index (χ1n) is 4.22. The van der Waals surface area contributed by atoms with E-state index in [4.69, 9.17) is 23.2 Å². The third-order valence-electron chi connectivity index (χ3n) is 2.75. The van der Waals surface area contributed by atoms with Crippen molar-refractivity contribution in [3.63, 3.8) is 0 Å². The van der Waals surface area contributed by atoms with E-state index in [1.807, 2.05) is 0 Å². The molecular formula is C9H9Cl2F3O. The first kappa shape index (κ1) is 12.8. The summed E-state index contributed by atoms with van der Waals surface area (Å²) in [5, 5.41) is -1.81. The number of hydrogen-bond donors (Lipinski definition) is 0. The van der Waals surface area contributed by atoms with Crippen molar-refractivity contribution >= 4 is 28.4 Å². The largest absolute Gasteiger partial charge is 0.426 e. The molecule has 1 aliphatic carbocycles. The lowest BCUT2D eigenvalue weighted by atomic mass is 10.1. The molecule has 1 rings (SSSR count). The normalized spacial score (nSPS) is 30.2. The van der Waals surface area contributed by atoms with E-state index in [9.17, 15) is 18.0 Å². The highest BCUT2D eigenvalue weighted by molar-refractivity contribution is 6.64. The van der Waals surface area contributed by atoms with E-state index < -0.39 is 33.7 Å². The minimum Gasteiger partial charge on any atom is -0.281 e. The van der Waals surface area contributed by atoms with Crippen LogP contribution >= 0.6 is 23.2 Å². The molecule has 15 heavy (non-hydrogen) atoms. The van der Waals surface area contributed by atoms with Crippen molar-refractivity contribution in [3.05, 3.63) is 11.1 Å². The summed E-state index contributed by atoms with van der Waals surface area (Å²) in [4.78, 5) is 10.9. The third kappa shape index (κ3) is 2.48. The number of carbonyl (C=O) groups excluding carboxylic acids is 1. The average molecular weight is 261 g/mol. The van der Waals surface area contributed by atoms with Crippen LogP contribution in [0.5, 0.6) is 0 Å². The molecule has 2 atom stereocenters. The maximum Gasteiger partial charge on any atom is 0.426 e. The molecule has 1 unspecified atom stereocenters. The predicted octanol–water partition coefficient (Wildman–Crippen LogP) is 3.71. The van der Waals surface area contributed by atoms with Crippen LogP contribution in [-0.4, -0.2) is 11.4 Å². The molecule has 0 aromatic heterocycles. The van der Waals surface area contributed by atoms with E-state index in [1.54, 1.807) is 13.8 Å². The Labute approximate surface area is 95.2 Å². The van der Waals surface area contributed by atoms with E-state index in [-0.39, 0.29) is 0 Å². The van der Waals surface area contributed by atoms with Gasteiger partial charge in [0.15, 0.2) is 0 Å². The summed E-state index contributed by atoms with van der Waals surface area (Å²) in [6.07, 6.45) is -3.69. The fourth-order valence-corrected chi connectivity index (χ4v) is 2.23. The van der Waals surface area contributed by atoms with Crippen LogP contribution < -0.4 is 0 Å². The molecule has 0 aliphatic heterocycles. The Morgan fingerprint density at radius 1 is 1.33 bits per heavy atom. The molecule has 0 radical (unpaired) electrons. The van der Waals surface area contributed by atoms with Gasteiger partial charge in [0.25, 0.3) is 0 Å². The van der Waals surface area contributed by atoms with Crippen LogP contribution in [0.4, 0.5) is 13.2 Å². The predicted molar refractivity (Wildman–Crippen MR) is 51.6 cm³/mol. The molecule has 1 nitrogen and oxygen atoms in total. The van der Waals surface area contributed by atoms with E-state index in [2.05, 4.69) is 0 Å². The maximum atomic E-state index is 12.1. The molecule has 1 saturated carbocycles. The zero-order chi connectivity index (χ0) is 12.0. The zero-order valence-corrected chi connectivity index (χ0v) is 9.54. The van der Waals surface area contributed by atoms with Crippen LogP contribution in [0.1, 0.15) is 13.8 Å². The first-order valence-corrected chi connectivity index (χ1v) is 4.98. The smallest absolute Gasteiger partial charge is 0.281 e. The summed E-state index contributed by atoms with van der Waals surface area (Å²) < 4.78 is 36.3. The number of rotatable bonds is 2. The van der Waals surface area contributed by atoms with Crippen LogP contribution in [0.3, 0.4) is 0 Å². The van der Waals surface area contributed by atoms with Gasteiger partial charge in [-0.3, -0.25) is 4.79 Å². The van der Waals surface area contributed by atoms with Crippen LogP contribution in [0.15, 0.2) is 11.1 Å². The van der Waals surface area contributed by atoms with E-state index in [0.29, 0.717) is 0 Å². The lowest BCUT2D eigenvalue weighted by molar-refractivity contribution is -0.113. The molecule has 0 bridgehead atoms. The van der Waals surface area contributed by atoms with Gasteiger partial charge in [-0.25, -0.2) is 0 Å². The van der Waals surface area contributed by atoms with Gasteiger partial charge in [-0.2, -0.15) is 13.2 Å². The van der Waals surface area contributed by atoms with Crippen LogP contribution in [-0.2, 0) is 4.79 Å². The molecule has 0 spiro atoms. The van der Waals surface area contributed by atoms with Crippen molar-refractivity contribution in [2.24, 2.45) is 17.3 Å². The molecule has 0 N–H and O–H groups in total. The van der Waals surface area contributed by atoms with Crippen molar-refractivity contribution in [1.29, 1.82) is 0 Å². The Morgan fingerprint density at radius 2 is 1.80 bits per heavy atom. The summed E-state index contributed by atoms with van der Waals surface area (Å²) in [6, 6.07) is 0. The summed E-state index contributed by atoms with van der Waals surface area (Å²) >= 11 is 10.3. The Hall–Kier alpha value is -0.220. The molecule has 0 saturated heterocycles. The van der Waals surface area contributed by atoms with Crippen molar-refractivity contribution in [1.82, 2.24) is 0 Å². The fraction of sp³-hybridized carbons (Fsp3) is 0.667. The van der Waals surface area contributed by atoms with Crippen molar-refractivity contribution in [2.75, 3.05) is 0 Å². The molecule has 0 heterocycles. The van der Waals surface area contributed by atoms with E-state index in [0.717, 1.165) is 6.08 Å². The minimum absolute atomic E-state index is 0.531.